The molecule has 1 unspecified atom stereocenters. The molecule has 1 aliphatic rings. The smallest absolute Gasteiger partial charge is 0.269 e. The van der Waals surface area contributed by atoms with Gasteiger partial charge in [0.2, 0.25) is 5.91 Å². The van der Waals surface area contributed by atoms with E-state index in [-0.39, 0.29) is 17.5 Å². The molecule has 0 aromatic heterocycles. The molecule has 0 bridgehead atoms. The molecule has 1 saturated heterocycles. The summed E-state index contributed by atoms with van der Waals surface area (Å²) in [6.07, 6.45) is 0.785. The molecular weight excluding hydrogens is 298 g/mol. The molecular formula is C16H23N3O4. The topological polar surface area (TPSA) is 86.9 Å². The van der Waals surface area contributed by atoms with Crippen LogP contribution in [0.15, 0.2) is 24.3 Å². The van der Waals surface area contributed by atoms with E-state index in [1.54, 1.807) is 31.1 Å². The molecule has 0 saturated carbocycles. The summed E-state index contributed by atoms with van der Waals surface area (Å²) in [5.74, 6) is 0.208. The minimum Gasteiger partial charge on any atom is -0.387 e. The monoisotopic (exact) mass is 321 g/mol. The maximum Gasteiger partial charge on any atom is 0.269 e. The summed E-state index contributed by atoms with van der Waals surface area (Å²) in [6.45, 7) is 1.91. The zero-order valence-corrected chi connectivity index (χ0v) is 13.5. The van der Waals surface area contributed by atoms with E-state index in [2.05, 4.69) is 4.90 Å². The number of aliphatic hydroxyl groups is 1. The number of likely N-dealkylation sites (tertiary alicyclic amines) is 1. The van der Waals surface area contributed by atoms with Crippen molar-refractivity contribution in [3.8, 4) is 0 Å². The van der Waals surface area contributed by atoms with E-state index >= 15 is 0 Å². The first-order chi connectivity index (χ1) is 10.9. The quantitative estimate of drug-likeness (QED) is 0.655. The molecule has 1 aromatic carbocycles. The molecule has 0 spiro atoms. The van der Waals surface area contributed by atoms with Gasteiger partial charge < -0.3 is 14.9 Å². The Hall–Kier alpha value is -1.99. The van der Waals surface area contributed by atoms with Crippen LogP contribution in [0, 0.1) is 16.0 Å². The molecule has 126 valence electrons. The molecule has 7 heteroatoms. The molecule has 0 aliphatic carbocycles. The van der Waals surface area contributed by atoms with Crippen molar-refractivity contribution in [2.24, 2.45) is 5.92 Å². The summed E-state index contributed by atoms with van der Waals surface area (Å²) in [5, 5.41) is 21.1. The lowest BCUT2D eigenvalue weighted by Gasteiger charge is -2.33. The number of rotatable bonds is 5. The van der Waals surface area contributed by atoms with Crippen molar-refractivity contribution in [3.63, 3.8) is 0 Å². The molecule has 0 radical (unpaired) electrons. The van der Waals surface area contributed by atoms with Gasteiger partial charge in [0, 0.05) is 38.7 Å². The van der Waals surface area contributed by atoms with E-state index in [1.165, 1.54) is 12.1 Å². The first-order valence-electron chi connectivity index (χ1n) is 7.74. The lowest BCUT2D eigenvalue weighted by Crippen LogP contribution is -2.41. The second kappa shape index (κ2) is 7.52. The molecule has 1 amide bonds. The van der Waals surface area contributed by atoms with E-state index in [9.17, 15) is 20.0 Å². The summed E-state index contributed by atoms with van der Waals surface area (Å²) in [5.41, 5.74) is 0.530. The third kappa shape index (κ3) is 4.49. The van der Waals surface area contributed by atoms with Crippen molar-refractivity contribution < 1.29 is 14.8 Å². The first kappa shape index (κ1) is 17.4. The van der Waals surface area contributed by atoms with Crippen LogP contribution in [0.25, 0.3) is 0 Å². The van der Waals surface area contributed by atoms with E-state index in [1.807, 2.05) is 0 Å². The second-order valence-corrected chi connectivity index (χ2v) is 6.18. The largest absolute Gasteiger partial charge is 0.387 e. The van der Waals surface area contributed by atoms with Crippen LogP contribution in [0.5, 0.6) is 0 Å². The van der Waals surface area contributed by atoms with Crippen LogP contribution >= 0.6 is 0 Å². The molecule has 7 nitrogen and oxygen atoms in total. The molecule has 1 heterocycles. The Kier molecular flexibility index (Phi) is 5.68. The number of nitrogens with zero attached hydrogens (tertiary/aromatic N) is 3. The zero-order valence-electron chi connectivity index (χ0n) is 13.5. The van der Waals surface area contributed by atoms with Gasteiger partial charge in [0.1, 0.15) is 0 Å². The van der Waals surface area contributed by atoms with Crippen LogP contribution < -0.4 is 0 Å². The van der Waals surface area contributed by atoms with Gasteiger partial charge in [-0.1, -0.05) is 12.1 Å². The number of β-amino-alcohol motifs (C(OH)–C–C–N with tert-alkyl or cyclic N) is 1. The van der Waals surface area contributed by atoms with E-state index in [4.69, 9.17) is 0 Å². The summed E-state index contributed by atoms with van der Waals surface area (Å²) in [4.78, 5) is 26.0. The van der Waals surface area contributed by atoms with E-state index in [0.717, 1.165) is 25.9 Å². The number of hydrogen-bond donors (Lipinski definition) is 1. The van der Waals surface area contributed by atoms with Crippen molar-refractivity contribution in [1.82, 2.24) is 9.80 Å². The van der Waals surface area contributed by atoms with Crippen molar-refractivity contribution >= 4 is 11.6 Å². The lowest BCUT2D eigenvalue weighted by molar-refractivity contribution is -0.385. The van der Waals surface area contributed by atoms with Gasteiger partial charge in [-0.2, -0.15) is 0 Å². The normalized spacial score (nSPS) is 17.7. The predicted octanol–water partition coefficient (Wildman–Crippen LogP) is 1.43. The van der Waals surface area contributed by atoms with Gasteiger partial charge >= 0.3 is 0 Å². The lowest BCUT2D eigenvalue weighted by atomic mass is 9.95. The van der Waals surface area contributed by atoms with Crippen LogP contribution in [-0.2, 0) is 4.79 Å². The van der Waals surface area contributed by atoms with Gasteiger partial charge in [-0.3, -0.25) is 14.9 Å². The number of benzene rings is 1. The average molecular weight is 321 g/mol. The fraction of sp³-hybridized carbons (Fsp3) is 0.562. The number of non-ortho nitro benzene ring substituents is 1. The summed E-state index contributed by atoms with van der Waals surface area (Å²) in [6, 6.07) is 6.10. The van der Waals surface area contributed by atoms with Gasteiger partial charge in [-0.25, -0.2) is 0 Å². The van der Waals surface area contributed by atoms with Gasteiger partial charge in [0.15, 0.2) is 0 Å². The third-order valence-electron chi connectivity index (χ3n) is 4.27. The van der Waals surface area contributed by atoms with Crippen LogP contribution in [0.1, 0.15) is 24.5 Å². The zero-order chi connectivity index (χ0) is 17.0. The molecule has 1 aromatic rings. The highest BCUT2D eigenvalue weighted by atomic mass is 16.6. The van der Waals surface area contributed by atoms with Crippen molar-refractivity contribution in [2.45, 2.75) is 18.9 Å². The van der Waals surface area contributed by atoms with Crippen LogP contribution in [0.2, 0.25) is 0 Å². The Bertz CT molecular complexity index is 568. The predicted molar refractivity (Wildman–Crippen MR) is 85.9 cm³/mol. The number of hydrogen-bond acceptors (Lipinski definition) is 5. The van der Waals surface area contributed by atoms with Crippen LogP contribution in [-0.4, -0.2) is 59.5 Å². The minimum atomic E-state index is -0.768. The second-order valence-electron chi connectivity index (χ2n) is 6.18. The van der Waals surface area contributed by atoms with Gasteiger partial charge in [-0.15, -0.1) is 0 Å². The number of aliphatic hydroxyl groups excluding tert-OH is 1. The molecule has 1 aliphatic heterocycles. The first-order valence-corrected chi connectivity index (χ1v) is 7.74. The number of carbonyl (C=O) groups is 1. The van der Waals surface area contributed by atoms with Crippen molar-refractivity contribution in [2.75, 3.05) is 33.7 Å². The fourth-order valence-electron chi connectivity index (χ4n) is 2.92. The number of piperidine rings is 1. The minimum absolute atomic E-state index is 0.0168. The molecule has 1 fully saturated rings. The molecule has 1 atom stereocenters. The Morgan fingerprint density at radius 2 is 2.09 bits per heavy atom. The summed E-state index contributed by atoms with van der Waals surface area (Å²) < 4.78 is 0. The Morgan fingerprint density at radius 1 is 1.43 bits per heavy atom. The number of nitro benzene ring substituents is 1. The Morgan fingerprint density at radius 3 is 2.65 bits per heavy atom. The third-order valence-corrected chi connectivity index (χ3v) is 4.27. The maximum absolute atomic E-state index is 11.9. The van der Waals surface area contributed by atoms with Gasteiger partial charge in [0.05, 0.1) is 11.0 Å². The van der Waals surface area contributed by atoms with Crippen LogP contribution in [0.4, 0.5) is 5.69 Å². The summed E-state index contributed by atoms with van der Waals surface area (Å²) in [7, 11) is 3.53. The number of amides is 1. The number of carbonyl (C=O) groups excluding carboxylic acids is 1. The van der Waals surface area contributed by atoms with E-state index < -0.39 is 11.0 Å². The van der Waals surface area contributed by atoms with Gasteiger partial charge in [0.25, 0.3) is 5.69 Å². The van der Waals surface area contributed by atoms with E-state index in [0.29, 0.717) is 12.1 Å². The van der Waals surface area contributed by atoms with Crippen molar-refractivity contribution in [3.05, 3.63) is 39.9 Å². The highest BCUT2D eigenvalue weighted by Crippen LogP contribution is 2.23. The maximum atomic E-state index is 11.9. The molecule has 2 rings (SSSR count). The van der Waals surface area contributed by atoms with Crippen LogP contribution in [0.3, 0.4) is 0 Å². The number of nitro groups is 1. The summed E-state index contributed by atoms with van der Waals surface area (Å²) >= 11 is 0. The Labute approximate surface area is 135 Å². The van der Waals surface area contributed by atoms with Gasteiger partial charge in [-0.05, 0) is 31.5 Å². The SMILES string of the molecule is CN(C)C(=O)C1CCN(CC(O)c2cccc([N+](=O)[O-])c2)CC1. The highest BCUT2D eigenvalue weighted by molar-refractivity contribution is 5.78. The highest BCUT2D eigenvalue weighted by Gasteiger charge is 2.27. The standard InChI is InChI=1S/C16H23N3O4/c1-17(2)16(21)12-6-8-18(9-7-12)11-15(20)13-4-3-5-14(10-13)19(22)23/h3-5,10,12,15,20H,6-9,11H2,1-2H3. The Balaban J connectivity index is 1.90. The molecule has 23 heavy (non-hydrogen) atoms. The molecule has 1 N–H and O–H groups in total. The van der Waals surface area contributed by atoms with Crippen molar-refractivity contribution in [1.29, 1.82) is 0 Å². The fourth-order valence-corrected chi connectivity index (χ4v) is 2.92. The average Bonchev–Trinajstić information content (AvgIpc) is 2.54.